The van der Waals surface area contributed by atoms with Gasteiger partial charge in [-0.15, -0.1) is 0 Å². The molecule has 0 fully saturated rings. The summed E-state index contributed by atoms with van der Waals surface area (Å²) in [6, 6.07) is 0. The van der Waals surface area contributed by atoms with Crippen LogP contribution in [-0.2, 0) is 5.11 Å². The standard InChI is InChI=1S/C7H13O/c1-3-5-7(4-2)6-8/h3,5,7H,4,6H2,1-2H3. The molecule has 0 aliphatic rings. The van der Waals surface area contributed by atoms with Gasteiger partial charge in [0.25, 0.3) is 0 Å². The van der Waals surface area contributed by atoms with Crippen LogP contribution in [0.4, 0.5) is 0 Å². The van der Waals surface area contributed by atoms with Crippen molar-refractivity contribution < 1.29 is 5.11 Å². The van der Waals surface area contributed by atoms with E-state index in [4.69, 9.17) is 0 Å². The van der Waals surface area contributed by atoms with E-state index in [0.717, 1.165) is 6.42 Å². The summed E-state index contributed by atoms with van der Waals surface area (Å²) < 4.78 is 0. The lowest BCUT2D eigenvalue weighted by atomic mass is 10.1. The van der Waals surface area contributed by atoms with Gasteiger partial charge in [0, 0.05) is 5.92 Å². The van der Waals surface area contributed by atoms with E-state index in [1.165, 1.54) is 0 Å². The molecule has 0 heterocycles. The van der Waals surface area contributed by atoms with Gasteiger partial charge in [-0.25, -0.2) is 5.11 Å². The highest BCUT2D eigenvalue weighted by Gasteiger charge is 1.96. The van der Waals surface area contributed by atoms with Gasteiger partial charge in [0.15, 0.2) is 0 Å². The van der Waals surface area contributed by atoms with E-state index < -0.39 is 0 Å². The third-order valence-corrected chi connectivity index (χ3v) is 1.20. The molecule has 0 bridgehead atoms. The number of rotatable bonds is 3. The largest absolute Gasteiger partial charge is 0.236 e. The van der Waals surface area contributed by atoms with Gasteiger partial charge in [0.1, 0.15) is 0 Å². The lowest BCUT2D eigenvalue weighted by Gasteiger charge is -2.00. The van der Waals surface area contributed by atoms with Crippen molar-refractivity contribution in [3.8, 4) is 0 Å². The third-order valence-electron chi connectivity index (χ3n) is 1.20. The summed E-state index contributed by atoms with van der Waals surface area (Å²) in [6.45, 7) is 4.00. The Kier molecular flexibility index (Phi) is 4.67. The Morgan fingerprint density at radius 2 is 2.25 bits per heavy atom. The first kappa shape index (κ1) is 7.70. The summed E-state index contributed by atoms with van der Waals surface area (Å²) in [4.78, 5) is 0. The predicted octanol–water partition coefficient (Wildman–Crippen LogP) is 2.02. The lowest BCUT2D eigenvalue weighted by molar-refractivity contribution is 0.160. The van der Waals surface area contributed by atoms with Crippen molar-refractivity contribution >= 4 is 0 Å². The van der Waals surface area contributed by atoms with E-state index in [1.807, 2.05) is 26.0 Å². The number of hydrogen-bond acceptors (Lipinski definition) is 0. The van der Waals surface area contributed by atoms with Crippen LogP contribution in [0.2, 0.25) is 0 Å². The normalized spacial score (nSPS) is 14.9. The molecule has 0 rings (SSSR count). The van der Waals surface area contributed by atoms with Gasteiger partial charge in [-0.1, -0.05) is 19.1 Å². The minimum Gasteiger partial charge on any atom is -0.236 e. The highest BCUT2D eigenvalue weighted by molar-refractivity contribution is 4.83. The van der Waals surface area contributed by atoms with Gasteiger partial charge in [-0.3, -0.25) is 0 Å². The number of allylic oxidation sites excluding steroid dienone is 1. The molecule has 1 unspecified atom stereocenters. The Balaban J connectivity index is 3.36. The maximum absolute atomic E-state index is 10.2. The molecule has 0 saturated carbocycles. The first-order valence-electron chi connectivity index (χ1n) is 3.06. The average Bonchev–Trinajstić information content (AvgIpc) is 1.83. The van der Waals surface area contributed by atoms with Crippen molar-refractivity contribution in [1.82, 2.24) is 0 Å². The van der Waals surface area contributed by atoms with Crippen molar-refractivity contribution in [2.45, 2.75) is 20.3 Å². The van der Waals surface area contributed by atoms with Gasteiger partial charge >= 0.3 is 0 Å². The third kappa shape index (κ3) is 2.80. The quantitative estimate of drug-likeness (QED) is 0.499. The topological polar surface area (TPSA) is 19.9 Å². The van der Waals surface area contributed by atoms with Crippen LogP contribution < -0.4 is 0 Å². The Bertz CT molecular complexity index is 62.8. The summed E-state index contributed by atoms with van der Waals surface area (Å²) in [5.74, 6) is 0.264. The van der Waals surface area contributed by atoms with Crippen LogP contribution in [0.5, 0.6) is 0 Å². The summed E-state index contributed by atoms with van der Waals surface area (Å²) in [7, 11) is 0. The van der Waals surface area contributed by atoms with Gasteiger partial charge in [-0.2, -0.15) is 0 Å². The average molecular weight is 113 g/mol. The fraction of sp³-hybridized carbons (Fsp3) is 0.714. The SMILES string of the molecule is CC=CC(CC)C[O]. The highest BCUT2D eigenvalue weighted by atomic mass is 16.3. The fourth-order valence-electron chi connectivity index (χ4n) is 0.582. The molecule has 0 aromatic rings. The second-order valence-electron chi connectivity index (χ2n) is 1.86. The summed E-state index contributed by atoms with van der Waals surface area (Å²) in [5.41, 5.74) is 0. The first-order valence-corrected chi connectivity index (χ1v) is 3.06. The molecule has 0 spiro atoms. The van der Waals surface area contributed by atoms with Crippen molar-refractivity contribution in [3.05, 3.63) is 12.2 Å². The summed E-state index contributed by atoms with van der Waals surface area (Å²) in [5, 5.41) is 10.2. The Labute approximate surface area is 51.0 Å². The molecule has 47 valence electrons. The molecule has 1 atom stereocenters. The Morgan fingerprint density at radius 1 is 1.62 bits per heavy atom. The molecule has 0 N–H and O–H groups in total. The van der Waals surface area contributed by atoms with E-state index >= 15 is 0 Å². The molecule has 1 nitrogen and oxygen atoms in total. The molecule has 8 heavy (non-hydrogen) atoms. The lowest BCUT2D eigenvalue weighted by Crippen LogP contribution is -1.97. The fourth-order valence-corrected chi connectivity index (χ4v) is 0.582. The molecule has 1 heteroatoms. The van der Waals surface area contributed by atoms with Crippen LogP contribution in [-0.4, -0.2) is 6.61 Å². The first-order chi connectivity index (χ1) is 3.85. The Morgan fingerprint density at radius 3 is 2.38 bits per heavy atom. The van der Waals surface area contributed by atoms with Gasteiger partial charge < -0.3 is 0 Å². The molecule has 0 aromatic carbocycles. The zero-order valence-electron chi connectivity index (χ0n) is 5.55. The zero-order valence-corrected chi connectivity index (χ0v) is 5.55. The molecule has 0 aliphatic carbocycles. The highest BCUT2D eigenvalue weighted by Crippen LogP contribution is 2.01. The van der Waals surface area contributed by atoms with Crippen LogP contribution in [0.15, 0.2) is 12.2 Å². The molecule has 0 amide bonds. The summed E-state index contributed by atoms with van der Waals surface area (Å²) in [6.07, 6.45) is 4.87. The molecular formula is C7H13O. The maximum Gasteiger partial charge on any atom is 0.0884 e. The van der Waals surface area contributed by atoms with E-state index in [2.05, 4.69) is 0 Å². The molecule has 0 aromatic heterocycles. The second kappa shape index (κ2) is 4.85. The smallest absolute Gasteiger partial charge is 0.0884 e. The van der Waals surface area contributed by atoms with E-state index in [9.17, 15) is 5.11 Å². The van der Waals surface area contributed by atoms with Crippen molar-refractivity contribution in [3.63, 3.8) is 0 Å². The van der Waals surface area contributed by atoms with E-state index in [0.29, 0.717) is 0 Å². The van der Waals surface area contributed by atoms with Crippen LogP contribution >= 0.6 is 0 Å². The van der Waals surface area contributed by atoms with Crippen LogP contribution in [0.3, 0.4) is 0 Å². The monoisotopic (exact) mass is 113 g/mol. The number of hydrogen-bond donors (Lipinski definition) is 0. The molecular weight excluding hydrogens is 100 g/mol. The van der Waals surface area contributed by atoms with Crippen molar-refractivity contribution in [2.75, 3.05) is 6.61 Å². The second-order valence-corrected chi connectivity index (χ2v) is 1.86. The van der Waals surface area contributed by atoms with Gasteiger partial charge in [-0.05, 0) is 13.3 Å². The van der Waals surface area contributed by atoms with E-state index in [1.54, 1.807) is 0 Å². The van der Waals surface area contributed by atoms with Crippen LogP contribution in [0, 0.1) is 5.92 Å². The zero-order chi connectivity index (χ0) is 6.41. The summed E-state index contributed by atoms with van der Waals surface area (Å²) >= 11 is 0. The van der Waals surface area contributed by atoms with Gasteiger partial charge in [0.05, 0.1) is 6.61 Å². The molecule has 1 radical (unpaired) electrons. The van der Waals surface area contributed by atoms with Crippen LogP contribution in [0.1, 0.15) is 20.3 Å². The Hall–Kier alpha value is -0.300. The molecule has 0 saturated heterocycles. The minimum absolute atomic E-state index is 0.0286. The van der Waals surface area contributed by atoms with E-state index in [-0.39, 0.29) is 12.5 Å². The van der Waals surface area contributed by atoms with Gasteiger partial charge in [0.2, 0.25) is 0 Å². The van der Waals surface area contributed by atoms with Crippen molar-refractivity contribution in [2.24, 2.45) is 5.92 Å². The minimum atomic E-state index is 0.0286. The molecule has 0 aliphatic heterocycles. The van der Waals surface area contributed by atoms with Crippen molar-refractivity contribution in [1.29, 1.82) is 0 Å². The predicted molar refractivity (Wildman–Crippen MR) is 34.1 cm³/mol. The van der Waals surface area contributed by atoms with Crippen LogP contribution in [0.25, 0.3) is 0 Å². The maximum atomic E-state index is 10.2.